The Kier molecular flexibility index (Phi) is 5.33. The molecule has 1 aromatic rings. The second kappa shape index (κ2) is 7.22. The predicted molar refractivity (Wildman–Crippen MR) is 82.9 cm³/mol. The topological polar surface area (TPSA) is 52.7 Å². The van der Waals surface area contributed by atoms with Gasteiger partial charge in [-0.1, -0.05) is 18.2 Å². The van der Waals surface area contributed by atoms with Crippen molar-refractivity contribution in [3.8, 4) is 0 Å². The van der Waals surface area contributed by atoms with E-state index in [1.807, 2.05) is 30.3 Å². The fourth-order valence-corrected chi connectivity index (χ4v) is 2.45. The van der Waals surface area contributed by atoms with Crippen LogP contribution in [-0.2, 0) is 9.59 Å². The van der Waals surface area contributed by atoms with Crippen LogP contribution < -0.4 is 5.32 Å². The fourth-order valence-electron chi connectivity index (χ4n) is 2.45. The molecular weight excluding hydrogens is 266 g/mol. The van der Waals surface area contributed by atoms with E-state index in [0.717, 1.165) is 31.6 Å². The number of hydrogen-bond donors (Lipinski definition) is 1. The molecule has 1 heterocycles. The highest BCUT2D eigenvalue weighted by molar-refractivity contribution is 5.92. The van der Waals surface area contributed by atoms with Crippen molar-refractivity contribution < 1.29 is 9.59 Å². The Morgan fingerprint density at radius 1 is 1.19 bits per heavy atom. The van der Waals surface area contributed by atoms with Crippen LogP contribution in [-0.4, -0.2) is 55.3 Å². The molecule has 1 aliphatic rings. The molecule has 5 heteroatoms. The third kappa shape index (κ3) is 4.56. The molecular formula is C16H23N3O2. The highest BCUT2D eigenvalue weighted by Crippen LogP contribution is 2.19. The Labute approximate surface area is 125 Å². The van der Waals surface area contributed by atoms with Crippen molar-refractivity contribution in [2.75, 3.05) is 39.0 Å². The largest absolute Gasteiger partial charge is 0.348 e. The predicted octanol–water partition coefficient (Wildman–Crippen LogP) is 1.43. The normalized spacial score (nSPS) is 16.5. The SMILES string of the molecule is CN(C)C(=O)CN1CCC(C(=O)Nc2ccccc2)CC1. The van der Waals surface area contributed by atoms with Crippen molar-refractivity contribution in [3.63, 3.8) is 0 Å². The summed E-state index contributed by atoms with van der Waals surface area (Å²) in [6.45, 7) is 2.04. The maximum Gasteiger partial charge on any atom is 0.236 e. The van der Waals surface area contributed by atoms with Crippen molar-refractivity contribution in [2.24, 2.45) is 5.92 Å². The standard InChI is InChI=1S/C16H23N3O2/c1-18(2)15(20)12-19-10-8-13(9-11-19)16(21)17-14-6-4-3-5-7-14/h3-7,13H,8-12H2,1-2H3,(H,17,21). The minimum absolute atomic E-state index is 0.0379. The van der Waals surface area contributed by atoms with Crippen LogP contribution in [0.2, 0.25) is 0 Å². The Hall–Kier alpha value is -1.88. The van der Waals surface area contributed by atoms with Crippen molar-refractivity contribution in [1.29, 1.82) is 0 Å². The second-order valence-corrected chi connectivity index (χ2v) is 5.69. The van der Waals surface area contributed by atoms with Gasteiger partial charge in [0.15, 0.2) is 0 Å². The van der Waals surface area contributed by atoms with Crippen LogP contribution in [0.25, 0.3) is 0 Å². The molecule has 0 atom stereocenters. The van der Waals surface area contributed by atoms with Crippen LogP contribution in [0, 0.1) is 5.92 Å². The maximum atomic E-state index is 12.2. The Bertz CT molecular complexity index is 480. The number of piperidine rings is 1. The van der Waals surface area contributed by atoms with E-state index in [9.17, 15) is 9.59 Å². The van der Waals surface area contributed by atoms with Gasteiger partial charge in [0.05, 0.1) is 6.54 Å². The number of nitrogens with zero attached hydrogens (tertiary/aromatic N) is 2. The minimum Gasteiger partial charge on any atom is -0.348 e. The second-order valence-electron chi connectivity index (χ2n) is 5.69. The summed E-state index contributed by atoms with van der Waals surface area (Å²) >= 11 is 0. The quantitative estimate of drug-likeness (QED) is 0.912. The van der Waals surface area contributed by atoms with Gasteiger partial charge in [0, 0.05) is 25.7 Å². The molecule has 1 saturated heterocycles. The molecule has 0 bridgehead atoms. The van der Waals surface area contributed by atoms with Crippen LogP contribution in [0.4, 0.5) is 5.69 Å². The van der Waals surface area contributed by atoms with Gasteiger partial charge in [-0.3, -0.25) is 14.5 Å². The molecule has 1 fully saturated rings. The van der Waals surface area contributed by atoms with Crippen molar-refractivity contribution >= 4 is 17.5 Å². The number of nitrogens with one attached hydrogen (secondary N) is 1. The molecule has 0 saturated carbocycles. The number of benzene rings is 1. The summed E-state index contributed by atoms with van der Waals surface area (Å²) in [6, 6.07) is 9.53. The van der Waals surface area contributed by atoms with Gasteiger partial charge in [-0.05, 0) is 38.1 Å². The van der Waals surface area contributed by atoms with Gasteiger partial charge in [0.25, 0.3) is 0 Å². The molecule has 2 rings (SSSR count). The average molecular weight is 289 g/mol. The number of likely N-dealkylation sites (N-methyl/N-ethyl adjacent to an activating group) is 1. The van der Waals surface area contributed by atoms with Crippen LogP contribution in [0.5, 0.6) is 0 Å². The molecule has 1 aliphatic heterocycles. The summed E-state index contributed by atoms with van der Waals surface area (Å²) in [4.78, 5) is 27.6. The van der Waals surface area contributed by atoms with E-state index in [4.69, 9.17) is 0 Å². The lowest BCUT2D eigenvalue weighted by Gasteiger charge is -2.31. The number of likely N-dealkylation sites (tertiary alicyclic amines) is 1. The molecule has 2 amide bonds. The van der Waals surface area contributed by atoms with Gasteiger partial charge in [-0.2, -0.15) is 0 Å². The zero-order valence-corrected chi connectivity index (χ0v) is 12.7. The van der Waals surface area contributed by atoms with E-state index >= 15 is 0 Å². The van der Waals surface area contributed by atoms with Crippen molar-refractivity contribution in [1.82, 2.24) is 9.80 Å². The van der Waals surface area contributed by atoms with Crippen LogP contribution in [0.1, 0.15) is 12.8 Å². The lowest BCUT2D eigenvalue weighted by molar-refractivity contribution is -0.130. The Morgan fingerprint density at radius 2 is 1.81 bits per heavy atom. The van der Waals surface area contributed by atoms with Gasteiger partial charge in [0.2, 0.25) is 11.8 Å². The number of hydrogen-bond acceptors (Lipinski definition) is 3. The van der Waals surface area contributed by atoms with Gasteiger partial charge >= 0.3 is 0 Å². The molecule has 5 nitrogen and oxygen atoms in total. The Balaban J connectivity index is 1.78. The van der Waals surface area contributed by atoms with Crippen molar-refractivity contribution in [2.45, 2.75) is 12.8 Å². The first-order valence-corrected chi connectivity index (χ1v) is 7.34. The van der Waals surface area contributed by atoms with E-state index in [1.54, 1.807) is 19.0 Å². The van der Waals surface area contributed by atoms with Crippen LogP contribution in [0.3, 0.4) is 0 Å². The summed E-state index contributed by atoms with van der Waals surface area (Å²) in [5, 5.41) is 2.95. The number of rotatable bonds is 4. The molecule has 0 unspecified atom stereocenters. The molecule has 21 heavy (non-hydrogen) atoms. The number of para-hydroxylation sites is 1. The fraction of sp³-hybridized carbons (Fsp3) is 0.500. The van der Waals surface area contributed by atoms with Gasteiger partial charge in [-0.15, -0.1) is 0 Å². The maximum absolute atomic E-state index is 12.2. The van der Waals surface area contributed by atoms with Gasteiger partial charge in [-0.25, -0.2) is 0 Å². The van der Waals surface area contributed by atoms with Gasteiger partial charge in [0.1, 0.15) is 0 Å². The summed E-state index contributed by atoms with van der Waals surface area (Å²) in [7, 11) is 3.53. The van der Waals surface area contributed by atoms with E-state index in [1.165, 1.54) is 0 Å². The summed E-state index contributed by atoms with van der Waals surface area (Å²) < 4.78 is 0. The molecule has 0 radical (unpaired) electrons. The molecule has 0 aromatic heterocycles. The molecule has 1 aromatic carbocycles. The van der Waals surface area contributed by atoms with Crippen LogP contribution >= 0.6 is 0 Å². The highest BCUT2D eigenvalue weighted by Gasteiger charge is 2.26. The van der Waals surface area contributed by atoms with Gasteiger partial charge < -0.3 is 10.2 Å². The monoisotopic (exact) mass is 289 g/mol. The first-order chi connectivity index (χ1) is 10.1. The molecule has 114 valence electrons. The Morgan fingerprint density at radius 3 is 2.38 bits per heavy atom. The first kappa shape index (κ1) is 15.5. The molecule has 0 aliphatic carbocycles. The lowest BCUT2D eigenvalue weighted by Crippen LogP contribution is -2.43. The van der Waals surface area contributed by atoms with Crippen molar-refractivity contribution in [3.05, 3.63) is 30.3 Å². The highest BCUT2D eigenvalue weighted by atomic mass is 16.2. The van der Waals surface area contributed by atoms with E-state index < -0.39 is 0 Å². The zero-order valence-electron chi connectivity index (χ0n) is 12.7. The number of anilines is 1. The smallest absolute Gasteiger partial charge is 0.236 e. The zero-order chi connectivity index (χ0) is 15.2. The lowest BCUT2D eigenvalue weighted by atomic mass is 9.96. The van der Waals surface area contributed by atoms with E-state index in [-0.39, 0.29) is 17.7 Å². The number of carbonyl (C=O) groups is 2. The van der Waals surface area contributed by atoms with Crippen LogP contribution in [0.15, 0.2) is 30.3 Å². The molecule has 0 spiro atoms. The third-order valence-corrected chi connectivity index (χ3v) is 3.86. The minimum atomic E-state index is 0.0379. The van der Waals surface area contributed by atoms with E-state index in [2.05, 4.69) is 10.2 Å². The number of amides is 2. The number of carbonyl (C=O) groups excluding carboxylic acids is 2. The average Bonchev–Trinajstić information content (AvgIpc) is 2.48. The van der Waals surface area contributed by atoms with E-state index in [0.29, 0.717) is 6.54 Å². The summed E-state index contributed by atoms with van der Waals surface area (Å²) in [5.74, 6) is 0.234. The third-order valence-electron chi connectivity index (χ3n) is 3.86. The summed E-state index contributed by atoms with van der Waals surface area (Å²) in [5.41, 5.74) is 0.840. The first-order valence-electron chi connectivity index (χ1n) is 7.34. The summed E-state index contributed by atoms with van der Waals surface area (Å²) in [6.07, 6.45) is 1.61. The molecule has 1 N–H and O–H groups in total.